The van der Waals surface area contributed by atoms with Gasteiger partial charge in [0.1, 0.15) is 45.7 Å². The smallest absolute Gasteiger partial charge is 0.251 e. The van der Waals surface area contributed by atoms with Crippen LogP contribution in [-0.4, -0.2) is 245 Å². The number of anilines is 16. The summed E-state index contributed by atoms with van der Waals surface area (Å²) >= 11 is 0. The standard InChI is InChI=1S/2C27H36N6O4.C27H36N6O3.C25H32N6O3/c1-27(2)16-33(19-7-5-6-8-19)23-21(32(3)25(27)35)14-28-26(31-23)30-20-10-9-17(13-22(20)36-4)24(34)29-18-11-12-37-15-18;1-17-16-33(20-6-4-5-7-20)24-22(32(2)26(17)35)15-28-27(31-24)30-21-9-8-18(14-23(21)36-3)25(34)29-19-10-12-37-13-11-19;1-17-16-33(20-10-6-7-11-20)24-22(32(2)26(17)35)15-28-27(31-24)30-21-13-12-18(14-23(21)36-3)25(34)29-19-8-4-5-9-19;1-15-14-31(18-6-4-5-7-18)22-20(30(2)24(15)33)13-26-25(29-22)28-19-11-8-16(12-21(19)34-3)23(32)27-17-9-10-17/h9-10,13-14,18-19H,5-8,11-12,15-16H2,1-4H3,(H,29,34)(H,28,30,31);8-9,14-15,17,19-20H,4-7,10-13,16H2,1-3H3,(H,29,34)(H,28,30,31);12-15,17,19-20H,4-11,16H2,1-3H3,(H,29,34)(H,28,30,31);8,11-13,15,17-18H,4-7,9-10,14H2,1-3H3,(H,27,32)(H,26,28,29)/t18-;2*17-;15-/m0000/s1. The number of carbonyl (C=O) groups is 8. The Kier molecular flexibility index (Phi) is 32.3. The van der Waals surface area contributed by atoms with Gasteiger partial charge in [0.2, 0.25) is 47.4 Å². The summed E-state index contributed by atoms with van der Waals surface area (Å²) in [4.78, 5) is 156. The van der Waals surface area contributed by atoms with Crippen LogP contribution in [0, 0.1) is 23.2 Å². The highest BCUT2D eigenvalue weighted by atomic mass is 16.5. The zero-order chi connectivity index (χ0) is 101. The molecule has 38 heteroatoms. The van der Waals surface area contributed by atoms with Crippen LogP contribution in [0.2, 0.25) is 0 Å². The summed E-state index contributed by atoms with van der Waals surface area (Å²) in [6.45, 7) is 15.0. The van der Waals surface area contributed by atoms with Crippen molar-refractivity contribution in [2.24, 2.45) is 23.2 Å². The predicted octanol–water partition coefficient (Wildman–Crippen LogP) is 14.7. The lowest BCUT2D eigenvalue weighted by atomic mass is 9.91. The molecule has 8 N–H and O–H groups in total. The van der Waals surface area contributed by atoms with Crippen LogP contribution in [0.25, 0.3) is 0 Å². The molecule has 0 unspecified atom stereocenters. The second-order valence-corrected chi connectivity index (χ2v) is 40.8. The highest BCUT2D eigenvalue weighted by Gasteiger charge is 2.44. The molecule has 6 saturated carbocycles. The Morgan fingerprint density at radius 3 is 0.903 bits per heavy atom. The monoisotopic (exact) mass is 1970 g/mol. The molecular formula is C106H140N24O14. The number of hydrogen-bond donors (Lipinski definition) is 8. The van der Waals surface area contributed by atoms with Crippen LogP contribution < -0.4 is 101 Å². The van der Waals surface area contributed by atoms with E-state index in [0.717, 1.165) is 137 Å². The summed E-state index contributed by atoms with van der Waals surface area (Å²) in [6, 6.07) is 23.4. The molecule has 12 aliphatic rings. The van der Waals surface area contributed by atoms with E-state index >= 15 is 0 Å². The zero-order valence-electron chi connectivity index (χ0n) is 85.3. The number of nitrogens with one attached hydrogen (secondary N) is 8. The average molecular weight is 1970 g/mol. The maximum absolute atomic E-state index is 13.2. The second-order valence-electron chi connectivity index (χ2n) is 40.8. The number of benzene rings is 4. The molecule has 144 heavy (non-hydrogen) atoms. The lowest BCUT2D eigenvalue weighted by Gasteiger charge is -2.34. The molecule has 768 valence electrons. The van der Waals surface area contributed by atoms with Gasteiger partial charge in [-0.25, -0.2) is 19.9 Å². The molecule has 8 fully saturated rings. The Hall–Kier alpha value is -13.5. The summed E-state index contributed by atoms with van der Waals surface area (Å²) in [5, 5.41) is 25.2. The van der Waals surface area contributed by atoms with Crippen LogP contribution in [0.3, 0.4) is 0 Å². The van der Waals surface area contributed by atoms with Crippen LogP contribution in [0.5, 0.6) is 23.0 Å². The third-order valence-electron chi connectivity index (χ3n) is 30.0. The summed E-state index contributed by atoms with van der Waals surface area (Å²) in [5.41, 5.74) is 7.14. The van der Waals surface area contributed by atoms with Crippen LogP contribution >= 0.6 is 0 Å². The Labute approximate surface area is 842 Å². The van der Waals surface area contributed by atoms with E-state index in [9.17, 15) is 38.4 Å². The van der Waals surface area contributed by atoms with Gasteiger partial charge in [0, 0.05) is 139 Å². The topological polar surface area (TPSA) is 417 Å². The molecule has 2 saturated heterocycles. The second kappa shape index (κ2) is 45.6. The van der Waals surface area contributed by atoms with E-state index in [2.05, 4.69) is 82.1 Å². The molecule has 10 heterocycles. The molecule has 38 nitrogen and oxygen atoms in total. The number of ether oxygens (including phenoxy) is 6. The highest BCUT2D eigenvalue weighted by Crippen LogP contribution is 2.46. The van der Waals surface area contributed by atoms with E-state index in [1.54, 1.807) is 162 Å². The number of amides is 8. The quantitative estimate of drug-likeness (QED) is 0.0278. The SMILES string of the molecule is COc1cc(C(=O)NC2CC2)ccc1Nc1ncc2c(n1)N(C1CCCC1)C[C@H](C)C(=O)N2C.COc1cc(C(=O)NC2CCCC2)ccc1Nc1ncc2c(n1)N(C1CCCC1)C[C@H](C)C(=O)N2C.COc1cc(C(=O)NC2CCOCC2)ccc1Nc1ncc2c(n1)N(C1CCCC1)C[C@H](C)C(=O)N2C.COc1cc(C(=O)N[C@H]2CCOC2)ccc1Nc1ncc2c(n1)N(C1CCCC1)CC(C)(C)C(=O)N2C. The number of nitrogens with zero attached hydrogens (tertiary/aromatic N) is 16. The minimum atomic E-state index is -0.546. The molecule has 0 radical (unpaired) electrons. The lowest BCUT2D eigenvalue weighted by Crippen LogP contribution is -2.45. The van der Waals surface area contributed by atoms with Crippen molar-refractivity contribution in [2.75, 3.05) is 170 Å². The third-order valence-corrected chi connectivity index (χ3v) is 30.0. The minimum absolute atomic E-state index is 0.0297. The van der Waals surface area contributed by atoms with E-state index < -0.39 is 5.41 Å². The van der Waals surface area contributed by atoms with Gasteiger partial charge in [-0.15, -0.1) is 0 Å². The van der Waals surface area contributed by atoms with Gasteiger partial charge in [0.05, 0.1) is 112 Å². The first kappa shape index (κ1) is 102. The van der Waals surface area contributed by atoms with Gasteiger partial charge in [-0.1, -0.05) is 85.0 Å². The van der Waals surface area contributed by atoms with Gasteiger partial charge in [-0.05, 0) is 183 Å². The molecule has 8 amide bonds. The Balaban J connectivity index is 0.000000132. The molecule has 20 rings (SSSR count). The Bertz CT molecular complexity index is 5970. The van der Waals surface area contributed by atoms with Crippen molar-refractivity contribution in [3.63, 3.8) is 0 Å². The van der Waals surface area contributed by atoms with Gasteiger partial charge < -0.3 is 110 Å². The molecule has 6 aliphatic heterocycles. The van der Waals surface area contributed by atoms with Crippen molar-refractivity contribution in [1.29, 1.82) is 0 Å². The minimum Gasteiger partial charge on any atom is -0.495 e. The highest BCUT2D eigenvalue weighted by molar-refractivity contribution is 6.04. The molecule has 0 bridgehead atoms. The Morgan fingerprint density at radius 2 is 0.604 bits per heavy atom. The van der Waals surface area contributed by atoms with Crippen molar-refractivity contribution in [1.82, 2.24) is 61.1 Å². The molecule has 0 spiro atoms. The average Bonchev–Trinajstić information content (AvgIpc) is 1.76. The van der Waals surface area contributed by atoms with Crippen LogP contribution in [0.4, 0.5) is 92.6 Å². The third kappa shape index (κ3) is 23.4. The van der Waals surface area contributed by atoms with Crippen molar-refractivity contribution in [3.8, 4) is 23.0 Å². The molecule has 4 aromatic carbocycles. The summed E-state index contributed by atoms with van der Waals surface area (Å²) in [5.74, 6) is 6.31. The van der Waals surface area contributed by atoms with Crippen molar-refractivity contribution in [2.45, 2.75) is 243 Å². The predicted molar refractivity (Wildman–Crippen MR) is 555 cm³/mol. The number of hydrogen-bond acceptors (Lipinski definition) is 30. The molecule has 4 atom stereocenters. The Morgan fingerprint density at radius 1 is 0.340 bits per heavy atom. The first-order valence-electron chi connectivity index (χ1n) is 51.4. The van der Waals surface area contributed by atoms with E-state index in [1.807, 2.05) is 46.8 Å². The van der Waals surface area contributed by atoms with E-state index in [4.69, 9.17) is 48.4 Å². The van der Waals surface area contributed by atoms with Crippen LogP contribution in [0.15, 0.2) is 97.6 Å². The molecule has 8 aromatic rings. The first-order valence-corrected chi connectivity index (χ1v) is 51.4. The number of methoxy groups -OCH3 is 4. The van der Waals surface area contributed by atoms with E-state index in [-0.39, 0.29) is 83.1 Å². The fraction of sp³-hybridized carbons (Fsp3) is 0.547. The first-order chi connectivity index (χ1) is 69.6. The summed E-state index contributed by atoms with van der Waals surface area (Å²) in [6.07, 6.45) is 34.1. The maximum Gasteiger partial charge on any atom is 0.251 e. The normalized spacial score (nSPS) is 21.0. The van der Waals surface area contributed by atoms with Gasteiger partial charge in [-0.3, -0.25) is 38.4 Å². The molecular weight excluding hydrogens is 1830 g/mol. The number of fused-ring (bicyclic) bond motifs is 4. The fourth-order valence-corrected chi connectivity index (χ4v) is 21.6. The van der Waals surface area contributed by atoms with Crippen molar-refractivity contribution < 1.29 is 66.8 Å². The van der Waals surface area contributed by atoms with Crippen molar-refractivity contribution >= 4 is 140 Å². The summed E-state index contributed by atoms with van der Waals surface area (Å²) in [7, 11) is 13.5. The summed E-state index contributed by atoms with van der Waals surface area (Å²) < 4.78 is 33.1. The van der Waals surface area contributed by atoms with Crippen molar-refractivity contribution in [3.05, 3.63) is 120 Å². The number of rotatable bonds is 24. The van der Waals surface area contributed by atoms with Gasteiger partial charge >= 0.3 is 0 Å². The largest absolute Gasteiger partial charge is 0.495 e. The lowest BCUT2D eigenvalue weighted by molar-refractivity contribution is -0.126. The van der Waals surface area contributed by atoms with Gasteiger partial charge in [0.25, 0.3) is 23.6 Å². The maximum atomic E-state index is 13.2. The zero-order valence-corrected chi connectivity index (χ0v) is 85.3. The number of aromatic nitrogens is 8. The van der Waals surface area contributed by atoms with Gasteiger partial charge in [-0.2, -0.15) is 19.9 Å². The molecule has 6 aliphatic carbocycles. The van der Waals surface area contributed by atoms with Crippen LogP contribution in [0.1, 0.15) is 237 Å². The fourth-order valence-electron chi connectivity index (χ4n) is 21.6. The van der Waals surface area contributed by atoms with E-state index in [1.165, 1.54) is 64.2 Å². The van der Waals surface area contributed by atoms with Gasteiger partial charge in [0.15, 0.2) is 23.3 Å². The van der Waals surface area contributed by atoms with Crippen LogP contribution in [-0.2, 0) is 28.7 Å². The molecule has 4 aromatic heterocycles. The van der Waals surface area contributed by atoms with E-state index in [0.29, 0.717) is 180 Å². The number of carbonyl (C=O) groups excluding carboxylic acids is 8.